The second-order valence-corrected chi connectivity index (χ2v) is 23.2. The minimum Gasteiger partial charge on any atom is -0.450 e. The Bertz CT molecular complexity index is 2400. The van der Waals surface area contributed by atoms with Crippen LogP contribution in [0.4, 0.5) is 0 Å². The number of aliphatic hydroxyl groups is 1. The number of ether oxygens (including phenoxy) is 1. The van der Waals surface area contributed by atoms with Crippen molar-refractivity contribution >= 4 is 53.2 Å². The topological polar surface area (TPSA) is 235 Å². The van der Waals surface area contributed by atoms with E-state index in [4.69, 9.17) is 4.74 Å². The van der Waals surface area contributed by atoms with Crippen LogP contribution in [0.15, 0.2) is 60.7 Å². The van der Waals surface area contributed by atoms with E-state index in [1.54, 1.807) is 53.7 Å². The van der Waals surface area contributed by atoms with Crippen LogP contribution in [0.25, 0.3) is 0 Å². The molecule has 2 aromatic rings. The monoisotopic (exact) mass is 1100 g/mol. The normalized spacial score (nSPS) is 26.7. The number of fused-ring (bicyclic) bond motifs is 1. The third-order valence-corrected chi connectivity index (χ3v) is 16.0. The number of rotatable bonds is 14. The van der Waals surface area contributed by atoms with Gasteiger partial charge < -0.3 is 50.3 Å². The molecule has 19 heteroatoms. The molecular weight excluding hydrogens is 1010 g/mol. The van der Waals surface area contributed by atoms with Crippen molar-refractivity contribution in [2.75, 3.05) is 41.3 Å². The summed E-state index contributed by atoms with van der Waals surface area (Å²) >= 11 is 0. The van der Waals surface area contributed by atoms with E-state index in [-0.39, 0.29) is 38.1 Å². The quantitative estimate of drug-likeness (QED) is 0.196. The van der Waals surface area contributed by atoms with Gasteiger partial charge in [0.2, 0.25) is 41.4 Å². The molecule has 8 amide bonds. The minimum absolute atomic E-state index is 0.000712. The number of cyclic esters (lactones) is 1. The zero-order valence-electron chi connectivity index (χ0n) is 49.6. The number of aliphatic hydroxyl groups excluding tert-OH is 1. The van der Waals surface area contributed by atoms with Gasteiger partial charge in [0.1, 0.15) is 48.3 Å². The van der Waals surface area contributed by atoms with Gasteiger partial charge in [-0.25, -0.2) is 4.79 Å². The van der Waals surface area contributed by atoms with E-state index >= 15 is 9.59 Å². The number of carbonyl (C=O) groups is 9. The van der Waals surface area contributed by atoms with Gasteiger partial charge in [0, 0.05) is 66.0 Å². The van der Waals surface area contributed by atoms with Crippen molar-refractivity contribution in [3.8, 4) is 0 Å². The van der Waals surface area contributed by atoms with E-state index in [1.165, 1.54) is 47.8 Å². The lowest BCUT2D eigenvalue weighted by Gasteiger charge is -2.38. The largest absolute Gasteiger partial charge is 0.450 e. The van der Waals surface area contributed by atoms with Crippen LogP contribution in [0.5, 0.6) is 0 Å². The van der Waals surface area contributed by atoms with Gasteiger partial charge in [0.05, 0.1) is 0 Å². The molecule has 2 saturated heterocycles. The van der Waals surface area contributed by atoms with Gasteiger partial charge in [-0.15, -0.1) is 0 Å². The Morgan fingerprint density at radius 2 is 1.03 bits per heavy atom. The lowest BCUT2D eigenvalue weighted by atomic mass is 9.94. The number of nitrogens with zero attached hydrogens (tertiary/aromatic N) is 5. The lowest BCUT2D eigenvalue weighted by Crippen LogP contribution is -2.62. The third kappa shape index (κ3) is 16.4. The van der Waals surface area contributed by atoms with Gasteiger partial charge >= 0.3 is 5.97 Å². The van der Waals surface area contributed by atoms with Gasteiger partial charge in [-0.3, -0.25) is 38.4 Å². The van der Waals surface area contributed by atoms with Crippen LogP contribution >= 0.6 is 0 Å². The van der Waals surface area contributed by atoms with E-state index in [0.717, 1.165) is 10.5 Å². The van der Waals surface area contributed by atoms with Crippen molar-refractivity contribution in [2.24, 2.45) is 35.5 Å². The van der Waals surface area contributed by atoms with E-state index in [1.807, 2.05) is 83.1 Å². The lowest BCUT2D eigenvalue weighted by molar-refractivity contribution is -0.172. The summed E-state index contributed by atoms with van der Waals surface area (Å²) in [4.78, 5) is 141. The summed E-state index contributed by atoms with van der Waals surface area (Å²) in [5, 5.41) is 19.4. The molecule has 0 radical (unpaired) electrons. The molecule has 0 bridgehead atoms. The molecular formula is C60H92N8O11. The Hall–Kier alpha value is -6.37. The molecule has 2 fully saturated rings. The number of likely N-dealkylation sites (N-methyl/N-ethyl adjacent to an activating group) is 4. The first kappa shape index (κ1) is 65.2. The maximum atomic E-state index is 15.3. The van der Waals surface area contributed by atoms with E-state index in [2.05, 4.69) is 16.0 Å². The summed E-state index contributed by atoms with van der Waals surface area (Å²) in [6, 6.07) is 8.50. The van der Waals surface area contributed by atoms with Crippen molar-refractivity contribution in [1.29, 1.82) is 0 Å². The first-order valence-electron chi connectivity index (χ1n) is 28.4. The summed E-state index contributed by atoms with van der Waals surface area (Å²) in [5.74, 6) is -9.22. The summed E-state index contributed by atoms with van der Waals surface area (Å²) < 4.78 is 6.14. The number of benzene rings is 2. The fourth-order valence-corrected chi connectivity index (χ4v) is 10.9. The molecule has 0 saturated carbocycles. The molecule has 4 N–H and O–H groups in total. The summed E-state index contributed by atoms with van der Waals surface area (Å²) in [6.45, 7) is 19.1. The highest BCUT2D eigenvalue weighted by Crippen LogP contribution is 2.27. The third-order valence-electron chi connectivity index (χ3n) is 16.0. The smallest absolute Gasteiger partial charge is 0.330 e. The number of carbonyl (C=O) groups excluding carboxylic acids is 9. The molecule has 2 heterocycles. The number of hydrogen-bond donors (Lipinski definition) is 4. The predicted molar refractivity (Wildman–Crippen MR) is 301 cm³/mol. The van der Waals surface area contributed by atoms with E-state index < -0.39 is 144 Å². The second-order valence-electron chi connectivity index (χ2n) is 23.2. The maximum absolute atomic E-state index is 15.3. The van der Waals surface area contributed by atoms with Crippen LogP contribution in [0.2, 0.25) is 0 Å². The minimum atomic E-state index is -1.48. The Balaban J connectivity index is 1.97. The molecule has 2 unspecified atom stereocenters. The van der Waals surface area contributed by atoms with Crippen molar-refractivity contribution < 1.29 is 53.0 Å². The fraction of sp³-hybridized carbons (Fsp3) is 0.650. The van der Waals surface area contributed by atoms with Gasteiger partial charge in [-0.05, 0) is 60.5 Å². The summed E-state index contributed by atoms with van der Waals surface area (Å²) in [7, 11) is 5.76. The Labute approximate surface area is 469 Å². The molecule has 19 nitrogen and oxygen atoms in total. The predicted octanol–water partition coefficient (Wildman–Crippen LogP) is 4.23. The van der Waals surface area contributed by atoms with Crippen LogP contribution in [-0.2, 0) is 60.7 Å². The van der Waals surface area contributed by atoms with Crippen molar-refractivity contribution in [2.45, 2.75) is 176 Å². The summed E-state index contributed by atoms with van der Waals surface area (Å²) in [5.41, 5.74) is 1.43. The average molecular weight is 1100 g/mol. The van der Waals surface area contributed by atoms with Gasteiger partial charge in [0.25, 0.3) is 5.91 Å². The van der Waals surface area contributed by atoms with E-state index in [9.17, 15) is 38.7 Å². The number of esters is 1. The Morgan fingerprint density at radius 3 is 1.52 bits per heavy atom. The average Bonchev–Trinajstić information content (AvgIpc) is 3.95. The van der Waals surface area contributed by atoms with Gasteiger partial charge in [0.15, 0.2) is 6.10 Å². The standard InChI is InChI=1S/C60H92N8O11/c1-16-38(9)47-58(76)65(13)48(36(5)6)53(71)61-43(31-35(3)4)56(74)67(15)50(40(11)34-69)60(78)79-51(39(10)17-2)59(77)66(14)49(37(7)8)54(72)62-44(32-41-25-20-18-21-26-41)55(73)64(12)46(33-42-27-22-19-23-28-42)57(75)68-30-24-29-45(68)52(70)63-47/h18-23,25-28,35-40,43-51,69H,16-17,24,29-34H2,1-15H3,(H,61,71)(H,62,72)(H,63,70)/t38-,39-,40?,43-,44-,45-,46-,47-,48-,49-,50?,51+/m0/s1. The molecule has 12 atom stereocenters. The van der Waals surface area contributed by atoms with Crippen LogP contribution in [0.1, 0.15) is 119 Å². The molecule has 0 aliphatic carbocycles. The Kier molecular flexibility index (Phi) is 24.5. The molecule has 2 aromatic carbocycles. The highest BCUT2D eigenvalue weighted by Gasteiger charge is 2.46. The van der Waals surface area contributed by atoms with Crippen molar-refractivity contribution in [1.82, 2.24) is 40.4 Å². The molecule has 4 rings (SSSR count). The number of hydrogen-bond acceptors (Lipinski definition) is 11. The number of nitrogens with one attached hydrogen (secondary N) is 3. The zero-order valence-corrected chi connectivity index (χ0v) is 49.6. The number of amides is 8. The maximum Gasteiger partial charge on any atom is 0.330 e. The van der Waals surface area contributed by atoms with Crippen molar-refractivity contribution in [3.05, 3.63) is 71.8 Å². The molecule has 0 aromatic heterocycles. The van der Waals surface area contributed by atoms with Gasteiger partial charge in [-0.1, -0.05) is 143 Å². The van der Waals surface area contributed by atoms with Crippen LogP contribution in [-0.4, -0.2) is 179 Å². The molecule has 2 aliphatic heterocycles. The van der Waals surface area contributed by atoms with Crippen LogP contribution in [0.3, 0.4) is 0 Å². The SMILES string of the molecule is CC[C@H](C)[C@@H]1NC(=O)[C@@H]2CCCN2C(=O)[C@H](Cc2ccccc2)N(C)C(=O)[C@H](Cc2ccccc2)NC(=O)[C@H](C(C)C)N(C)C(=O)[C@@H]([C@@H](C)CC)OC(=O)C(C(C)CO)N(C)C(=O)[C@H](CC(C)C)NC(=O)[C@H](C(C)C)N(C)C1=O. The highest BCUT2D eigenvalue weighted by molar-refractivity contribution is 5.99. The first-order chi connectivity index (χ1) is 37.2. The molecule has 438 valence electrons. The van der Waals surface area contributed by atoms with Crippen LogP contribution in [0, 0.1) is 35.5 Å². The summed E-state index contributed by atoms with van der Waals surface area (Å²) in [6.07, 6.45) is 0.217. The van der Waals surface area contributed by atoms with Crippen molar-refractivity contribution in [3.63, 3.8) is 0 Å². The second kappa shape index (κ2) is 29.7. The Morgan fingerprint density at radius 1 is 0.544 bits per heavy atom. The molecule has 79 heavy (non-hydrogen) atoms. The molecule has 2 aliphatic rings. The van der Waals surface area contributed by atoms with Crippen LogP contribution < -0.4 is 16.0 Å². The molecule has 0 spiro atoms. The zero-order chi connectivity index (χ0) is 59.2. The highest BCUT2D eigenvalue weighted by atomic mass is 16.6. The van der Waals surface area contributed by atoms with E-state index in [0.29, 0.717) is 24.8 Å². The first-order valence-corrected chi connectivity index (χ1v) is 28.4. The fourth-order valence-electron chi connectivity index (χ4n) is 10.9. The van der Waals surface area contributed by atoms with Gasteiger partial charge in [-0.2, -0.15) is 0 Å².